The number of carbonyl (C=O) groups is 6. The maximum Gasteiger partial charge on any atom is 0.278 e. The maximum absolute atomic E-state index is 14.6. The van der Waals surface area contributed by atoms with E-state index in [-0.39, 0.29) is 81.2 Å². The highest BCUT2D eigenvalue weighted by atomic mass is 32.2. The largest absolute Gasteiger partial charge is 0.493 e. The molecule has 0 bridgehead atoms. The summed E-state index contributed by atoms with van der Waals surface area (Å²) in [7, 11) is 0.219. The van der Waals surface area contributed by atoms with E-state index < -0.39 is 73.4 Å². The predicted octanol–water partition coefficient (Wildman–Crippen LogP) is 5.25. The number of carbonyl (C=O) groups excluding carboxylic acids is 6. The number of likely N-dealkylation sites (N-methyl/N-ethyl adjacent to an activating group) is 1. The van der Waals surface area contributed by atoms with Gasteiger partial charge in [-0.05, 0) is 80.5 Å². The van der Waals surface area contributed by atoms with Gasteiger partial charge in [0.1, 0.15) is 24.4 Å². The number of nitrogens with one attached hydrogen (secondary N) is 4. The number of nitro groups is 1. The van der Waals surface area contributed by atoms with Crippen LogP contribution in [-0.2, 0) is 54.5 Å². The van der Waals surface area contributed by atoms with Crippen LogP contribution in [-0.4, -0.2) is 160 Å². The molecular weight excluding hydrogens is 1110 g/mol. The van der Waals surface area contributed by atoms with Gasteiger partial charge in [0.15, 0.2) is 17.3 Å². The van der Waals surface area contributed by atoms with Crippen LogP contribution in [0.25, 0.3) is 0 Å². The number of nitrogens with zero attached hydrogens (tertiary/aromatic N) is 5. The molecule has 0 saturated carbocycles. The number of unbranched alkanes of at least 4 members (excludes halogenated alkanes) is 1. The molecule has 456 valence electrons. The number of benzene rings is 3. The van der Waals surface area contributed by atoms with Crippen LogP contribution in [0.1, 0.15) is 95.0 Å². The minimum atomic E-state index is -4.80. The van der Waals surface area contributed by atoms with Gasteiger partial charge in [-0.25, -0.2) is 0 Å². The zero-order valence-corrected chi connectivity index (χ0v) is 50.4. The van der Waals surface area contributed by atoms with E-state index in [1.54, 1.807) is 20.0 Å². The topological polar surface area (TPSA) is 298 Å². The van der Waals surface area contributed by atoms with Crippen LogP contribution in [0.3, 0.4) is 0 Å². The third-order valence-electron chi connectivity index (χ3n) is 15.9. The summed E-state index contributed by atoms with van der Waals surface area (Å²) in [5.74, 6) is -3.73. The fraction of sp³-hybridized carbons (Fsp3) is 0.459. The number of aryl methyl sites for hydroxylation is 1. The number of hydrogen-bond acceptors (Lipinski definition) is 17. The quantitative estimate of drug-likeness (QED) is 0.0113. The number of ether oxygens (including phenoxy) is 3. The number of para-hydroxylation sites is 1. The van der Waals surface area contributed by atoms with E-state index in [0.29, 0.717) is 60.5 Å². The van der Waals surface area contributed by atoms with Gasteiger partial charge in [-0.1, -0.05) is 70.2 Å². The second-order valence-electron chi connectivity index (χ2n) is 22.3. The lowest BCUT2D eigenvalue weighted by atomic mass is 9.74. The summed E-state index contributed by atoms with van der Waals surface area (Å²) in [6.45, 7) is 13.1. The molecule has 3 atom stereocenters. The van der Waals surface area contributed by atoms with Gasteiger partial charge in [-0.3, -0.25) is 53.3 Å². The summed E-state index contributed by atoms with van der Waals surface area (Å²) in [4.78, 5) is 100. The third kappa shape index (κ3) is 15.1. The number of fused-ring (bicyclic) bond motifs is 1. The SMILES string of the molecule is C/N=C(\C=C1/C(=O)C(/C=C2/N(C)c3ccccc3C2(C)C)=C1N1CCC[C@@H]1C(=O)NC(CS(=O)(=O)O)C(=O)NCCCCC(=O)NCCOc1cc([N+](=O)[O-])c(C(C)NCCOCCN2C(=O)C=CC2=O)cc1OC)C(C)(C)c1ccccc1C. The van der Waals surface area contributed by atoms with E-state index in [1.807, 2.05) is 81.3 Å². The molecule has 3 aromatic rings. The number of allylic oxidation sites excluding steroid dienone is 5. The second kappa shape index (κ2) is 27.8. The first-order chi connectivity index (χ1) is 40.3. The number of rotatable bonds is 29. The van der Waals surface area contributed by atoms with Gasteiger partial charge in [0.05, 0.1) is 55.7 Å². The van der Waals surface area contributed by atoms with Gasteiger partial charge < -0.3 is 45.3 Å². The number of anilines is 1. The highest BCUT2D eigenvalue weighted by Gasteiger charge is 2.46. The Morgan fingerprint density at radius 3 is 2.34 bits per heavy atom. The van der Waals surface area contributed by atoms with Crippen LogP contribution in [0, 0.1) is 17.0 Å². The molecule has 5 N–H and O–H groups in total. The van der Waals surface area contributed by atoms with Crippen molar-refractivity contribution in [3.8, 4) is 11.5 Å². The molecule has 85 heavy (non-hydrogen) atoms. The Morgan fingerprint density at radius 1 is 0.965 bits per heavy atom. The Balaban J connectivity index is 0.938. The van der Waals surface area contributed by atoms with Crippen LogP contribution in [0.5, 0.6) is 11.5 Å². The van der Waals surface area contributed by atoms with Gasteiger partial charge in [0.25, 0.3) is 27.6 Å². The van der Waals surface area contributed by atoms with Gasteiger partial charge in [0.2, 0.25) is 17.7 Å². The molecule has 7 rings (SSSR count). The van der Waals surface area contributed by atoms with E-state index in [4.69, 9.17) is 19.2 Å². The van der Waals surface area contributed by atoms with Crippen molar-refractivity contribution in [1.29, 1.82) is 0 Å². The molecule has 3 aliphatic heterocycles. The van der Waals surface area contributed by atoms with Crippen molar-refractivity contribution >= 4 is 62.5 Å². The molecule has 4 aliphatic rings. The number of aliphatic imine (C=N–C) groups is 1. The molecule has 0 radical (unpaired) electrons. The standard InChI is InChI=1S/C61H77N9O14S/c1-38-17-10-11-18-43(38)60(3,4)51(62-7)34-41-56(42(57(41)74)35-52-61(5,6)44-19-12-13-20-46(44)67(52)8)68-28-16-21-47(68)59(76)66-45(37-85(79,80)81)58(75)65-25-15-14-22-53(71)64-27-31-84-50-36-48(70(77)78)40(33-49(50)82-9)39(2)63-26-30-83-32-29-69-54(72)23-24-55(69)73/h10-13,17-20,23-24,33-36,39,45,47,63H,14-16,21-22,25-32,37H2,1-9H3,(H,64,71)(H,65,75)(H,66,76)(H,79,80,81)/b41-34-,52-35+,62-51+/t39?,45?,47-/m1/s1. The Hall–Kier alpha value is -8.06. The second-order valence-corrected chi connectivity index (χ2v) is 23.8. The molecule has 3 aromatic carbocycles. The molecular formula is C61H77N9O14S. The van der Waals surface area contributed by atoms with Crippen molar-refractivity contribution in [3.05, 3.63) is 140 Å². The van der Waals surface area contributed by atoms with Crippen LogP contribution < -0.4 is 35.6 Å². The van der Waals surface area contributed by atoms with Gasteiger partial charge in [-0.2, -0.15) is 8.42 Å². The number of amides is 5. The third-order valence-corrected chi connectivity index (χ3v) is 16.7. The number of likely N-dealkylation sites (tertiary alicyclic amines) is 1. The van der Waals surface area contributed by atoms with Crippen molar-refractivity contribution in [2.45, 2.75) is 103 Å². The minimum Gasteiger partial charge on any atom is -0.493 e. The highest BCUT2D eigenvalue weighted by molar-refractivity contribution is 7.85. The summed E-state index contributed by atoms with van der Waals surface area (Å²) in [6, 6.07) is 15.6. The lowest BCUT2D eigenvalue weighted by Gasteiger charge is -2.38. The molecule has 3 heterocycles. The highest BCUT2D eigenvalue weighted by Crippen LogP contribution is 2.49. The van der Waals surface area contributed by atoms with E-state index >= 15 is 0 Å². The summed E-state index contributed by atoms with van der Waals surface area (Å²) >= 11 is 0. The number of Topliss-reactive ketones (excluding diaryl/α,β-unsaturated/α-hetero) is 1. The summed E-state index contributed by atoms with van der Waals surface area (Å²) in [6.07, 6.45) is 7.52. The van der Waals surface area contributed by atoms with E-state index in [9.17, 15) is 51.9 Å². The van der Waals surface area contributed by atoms with Crippen molar-refractivity contribution in [2.75, 3.05) is 84.4 Å². The number of ketones is 1. The Labute approximate surface area is 495 Å². The molecule has 1 aliphatic carbocycles. The molecule has 2 unspecified atom stereocenters. The molecule has 5 amide bonds. The number of methoxy groups -OCH3 is 1. The maximum atomic E-state index is 14.6. The average molecular weight is 1190 g/mol. The number of hydrogen-bond donors (Lipinski definition) is 5. The first-order valence-electron chi connectivity index (χ1n) is 28.3. The lowest BCUT2D eigenvalue weighted by molar-refractivity contribution is -0.385. The summed E-state index contributed by atoms with van der Waals surface area (Å²) in [5, 5.41) is 23.2. The average Bonchev–Trinajstić information content (AvgIpc) is 1.84. The Kier molecular flexibility index (Phi) is 21.1. The lowest BCUT2D eigenvalue weighted by Crippen LogP contribution is -2.55. The monoisotopic (exact) mass is 1190 g/mol. The van der Waals surface area contributed by atoms with E-state index in [2.05, 4.69) is 46.1 Å². The number of nitro benzene ring substituents is 1. The summed E-state index contributed by atoms with van der Waals surface area (Å²) < 4.78 is 51.5. The zero-order valence-electron chi connectivity index (χ0n) is 49.6. The van der Waals surface area contributed by atoms with Crippen molar-refractivity contribution in [2.24, 2.45) is 4.99 Å². The molecule has 0 spiro atoms. The Morgan fingerprint density at radius 2 is 1.67 bits per heavy atom. The van der Waals surface area contributed by atoms with Crippen molar-refractivity contribution < 1.29 is 60.9 Å². The fourth-order valence-corrected chi connectivity index (χ4v) is 12.0. The van der Waals surface area contributed by atoms with Crippen molar-refractivity contribution in [1.82, 2.24) is 31.1 Å². The first kappa shape index (κ1) is 64.5. The minimum absolute atomic E-state index is 0.00157. The van der Waals surface area contributed by atoms with E-state index in [0.717, 1.165) is 33.0 Å². The smallest absolute Gasteiger partial charge is 0.278 e. The molecule has 0 aromatic heterocycles. The van der Waals surface area contributed by atoms with Gasteiger partial charge in [0, 0.05) is 97.4 Å². The molecule has 1 saturated heterocycles. The van der Waals surface area contributed by atoms with Crippen LogP contribution in [0.15, 0.2) is 113 Å². The number of imide groups is 1. The molecule has 24 heteroatoms. The van der Waals surface area contributed by atoms with Crippen LogP contribution in [0.2, 0.25) is 0 Å². The van der Waals surface area contributed by atoms with Crippen LogP contribution in [0.4, 0.5) is 11.4 Å². The van der Waals surface area contributed by atoms with Crippen molar-refractivity contribution in [3.63, 3.8) is 0 Å². The molecule has 1 fully saturated rings. The normalized spacial score (nSPS) is 18.5. The fourth-order valence-electron chi connectivity index (χ4n) is 11.4. The van der Waals surface area contributed by atoms with E-state index in [1.165, 1.54) is 31.4 Å². The first-order valence-corrected chi connectivity index (χ1v) is 29.9. The predicted molar refractivity (Wildman–Crippen MR) is 320 cm³/mol. The zero-order chi connectivity index (χ0) is 62.0. The molecule has 23 nitrogen and oxygen atoms in total. The van der Waals surface area contributed by atoms with Gasteiger partial charge >= 0.3 is 0 Å². The van der Waals surface area contributed by atoms with Gasteiger partial charge in [-0.15, -0.1) is 0 Å². The van der Waals surface area contributed by atoms with Crippen LogP contribution >= 0.6 is 0 Å². The summed E-state index contributed by atoms with van der Waals surface area (Å²) in [5.41, 5.74) is 5.93. The Bertz CT molecular complexity index is 3350.